The van der Waals surface area contributed by atoms with Crippen molar-refractivity contribution < 1.29 is 4.74 Å². The van der Waals surface area contributed by atoms with Crippen LogP contribution >= 0.6 is 51.5 Å². The molecule has 7 heteroatoms. The molecule has 0 unspecified atom stereocenters. The summed E-state index contributed by atoms with van der Waals surface area (Å²) in [5, 5.41) is 4.77. The number of rotatable bonds is 3. The summed E-state index contributed by atoms with van der Waals surface area (Å²) in [7, 11) is 1.60. The Kier molecular flexibility index (Phi) is 5.92. The Morgan fingerprint density at radius 3 is 2.75 bits per heavy atom. The number of benzene rings is 2. The highest BCUT2D eigenvalue weighted by atomic mass is 79.9. The van der Waals surface area contributed by atoms with Crippen LogP contribution in [0.5, 0.6) is 5.75 Å². The van der Waals surface area contributed by atoms with Gasteiger partial charge < -0.3 is 15.0 Å². The standard InChI is InChI=1S/C17H16BrClN2OS2/c1-22-15-7-6-13(10-14(15)19)20-17(23)21-8-9-24-16(21)11-2-4-12(18)5-3-11/h2-7,10,16H,8-9H2,1H3,(H,20,23)/t16-/m0/s1. The molecular weight excluding hydrogens is 428 g/mol. The second kappa shape index (κ2) is 7.95. The van der Waals surface area contributed by atoms with Crippen molar-refractivity contribution in [1.29, 1.82) is 0 Å². The first-order valence-electron chi connectivity index (χ1n) is 7.36. The summed E-state index contributed by atoms with van der Waals surface area (Å²) in [6, 6.07) is 14.0. The second-order valence-corrected chi connectivity index (χ2v) is 8.15. The molecule has 1 saturated heterocycles. The van der Waals surface area contributed by atoms with Gasteiger partial charge in [-0.3, -0.25) is 0 Å². The van der Waals surface area contributed by atoms with Gasteiger partial charge in [-0.2, -0.15) is 0 Å². The van der Waals surface area contributed by atoms with E-state index in [4.69, 9.17) is 28.6 Å². The van der Waals surface area contributed by atoms with Gasteiger partial charge in [-0.25, -0.2) is 0 Å². The van der Waals surface area contributed by atoms with Crippen molar-refractivity contribution >= 4 is 62.3 Å². The summed E-state index contributed by atoms with van der Waals surface area (Å²) < 4.78 is 6.26. The van der Waals surface area contributed by atoms with E-state index in [0.29, 0.717) is 15.9 Å². The van der Waals surface area contributed by atoms with E-state index in [0.717, 1.165) is 22.5 Å². The molecule has 126 valence electrons. The van der Waals surface area contributed by atoms with Crippen LogP contribution in [-0.2, 0) is 0 Å². The summed E-state index contributed by atoms with van der Waals surface area (Å²) in [6.45, 7) is 0.918. The average Bonchev–Trinajstić information content (AvgIpc) is 3.05. The Morgan fingerprint density at radius 2 is 2.08 bits per heavy atom. The average molecular weight is 444 g/mol. The minimum atomic E-state index is 0.229. The SMILES string of the molecule is COc1ccc(NC(=S)N2CCS[C@H]2c2ccc(Br)cc2)cc1Cl. The first-order valence-corrected chi connectivity index (χ1v) is 9.99. The minimum Gasteiger partial charge on any atom is -0.495 e. The smallest absolute Gasteiger partial charge is 0.174 e. The van der Waals surface area contributed by atoms with Crippen molar-refractivity contribution in [1.82, 2.24) is 4.90 Å². The Hall–Kier alpha value is -0.950. The van der Waals surface area contributed by atoms with Crippen molar-refractivity contribution in [2.75, 3.05) is 24.7 Å². The predicted octanol–water partition coefficient (Wildman–Crippen LogP) is 5.56. The fraction of sp³-hybridized carbons (Fsp3) is 0.235. The van der Waals surface area contributed by atoms with Gasteiger partial charge >= 0.3 is 0 Å². The number of hydrogen-bond acceptors (Lipinski definition) is 3. The van der Waals surface area contributed by atoms with Gasteiger partial charge in [-0.15, -0.1) is 11.8 Å². The van der Waals surface area contributed by atoms with E-state index in [1.807, 2.05) is 30.0 Å². The van der Waals surface area contributed by atoms with Crippen LogP contribution in [0.2, 0.25) is 5.02 Å². The van der Waals surface area contributed by atoms with E-state index in [1.165, 1.54) is 5.56 Å². The van der Waals surface area contributed by atoms with E-state index in [1.54, 1.807) is 7.11 Å². The van der Waals surface area contributed by atoms with Gasteiger partial charge in [0, 0.05) is 22.5 Å². The van der Waals surface area contributed by atoms with Crippen molar-refractivity contribution in [3.63, 3.8) is 0 Å². The zero-order valence-electron chi connectivity index (χ0n) is 13.0. The lowest BCUT2D eigenvalue weighted by Crippen LogP contribution is -2.34. The van der Waals surface area contributed by atoms with Crippen LogP contribution in [0.15, 0.2) is 46.9 Å². The molecule has 0 aromatic heterocycles. The number of nitrogens with one attached hydrogen (secondary N) is 1. The molecule has 2 aromatic carbocycles. The normalized spacial score (nSPS) is 17.0. The number of nitrogens with zero attached hydrogens (tertiary/aromatic N) is 1. The van der Waals surface area contributed by atoms with Gasteiger partial charge in [-0.05, 0) is 48.1 Å². The fourth-order valence-electron chi connectivity index (χ4n) is 2.52. The maximum Gasteiger partial charge on any atom is 0.174 e. The Balaban J connectivity index is 1.74. The van der Waals surface area contributed by atoms with E-state index < -0.39 is 0 Å². The van der Waals surface area contributed by atoms with E-state index in [2.05, 4.69) is 50.4 Å². The number of thiocarbonyl (C=S) groups is 1. The largest absolute Gasteiger partial charge is 0.495 e. The quantitative estimate of drug-likeness (QED) is 0.626. The highest BCUT2D eigenvalue weighted by Gasteiger charge is 2.28. The minimum absolute atomic E-state index is 0.229. The van der Waals surface area contributed by atoms with Crippen molar-refractivity contribution in [3.05, 3.63) is 57.5 Å². The first kappa shape index (κ1) is 17.9. The number of hydrogen-bond donors (Lipinski definition) is 1. The maximum absolute atomic E-state index is 6.18. The van der Waals surface area contributed by atoms with Crippen LogP contribution in [0.1, 0.15) is 10.9 Å². The molecule has 0 amide bonds. The van der Waals surface area contributed by atoms with Gasteiger partial charge in [0.05, 0.1) is 12.1 Å². The van der Waals surface area contributed by atoms with Crippen LogP contribution in [0.25, 0.3) is 0 Å². The van der Waals surface area contributed by atoms with Crippen LogP contribution in [-0.4, -0.2) is 29.4 Å². The van der Waals surface area contributed by atoms with Gasteiger partial charge in [0.2, 0.25) is 0 Å². The molecule has 24 heavy (non-hydrogen) atoms. The number of thioether (sulfide) groups is 1. The molecule has 3 nitrogen and oxygen atoms in total. The molecule has 0 radical (unpaired) electrons. The summed E-state index contributed by atoms with van der Waals surface area (Å²) in [4.78, 5) is 2.21. The summed E-state index contributed by atoms with van der Waals surface area (Å²) >= 11 is 17.2. The van der Waals surface area contributed by atoms with E-state index >= 15 is 0 Å². The number of methoxy groups -OCH3 is 1. The Morgan fingerprint density at radius 1 is 1.33 bits per heavy atom. The van der Waals surface area contributed by atoms with Crippen molar-refractivity contribution in [3.8, 4) is 5.75 Å². The third-order valence-electron chi connectivity index (χ3n) is 3.71. The Labute approximate surface area is 164 Å². The number of anilines is 1. The molecule has 1 heterocycles. The third-order valence-corrected chi connectivity index (χ3v) is 6.13. The second-order valence-electron chi connectivity index (χ2n) is 5.25. The zero-order valence-corrected chi connectivity index (χ0v) is 16.9. The van der Waals surface area contributed by atoms with E-state index in [-0.39, 0.29) is 5.37 Å². The molecule has 1 fully saturated rings. The molecule has 0 aliphatic carbocycles. The topological polar surface area (TPSA) is 24.5 Å². The lowest BCUT2D eigenvalue weighted by molar-refractivity contribution is 0.415. The molecule has 0 saturated carbocycles. The molecule has 3 rings (SSSR count). The Bertz CT molecular complexity index is 742. The molecule has 1 N–H and O–H groups in total. The summed E-state index contributed by atoms with van der Waals surface area (Å²) in [6.07, 6.45) is 0. The molecule has 2 aromatic rings. The highest BCUT2D eigenvalue weighted by molar-refractivity contribution is 9.10. The van der Waals surface area contributed by atoms with Crippen LogP contribution in [0.3, 0.4) is 0 Å². The first-order chi connectivity index (χ1) is 11.6. The molecule has 0 spiro atoms. The van der Waals surface area contributed by atoms with E-state index in [9.17, 15) is 0 Å². The number of halogens is 2. The lowest BCUT2D eigenvalue weighted by Gasteiger charge is -2.27. The van der Waals surface area contributed by atoms with Crippen LogP contribution in [0.4, 0.5) is 5.69 Å². The van der Waals surface area contributed by atoms with Gasteiger partial charge in [0.1, 0.15) is 11.1 Å². The molecule has 1 atom stereocenters. The molecule has 1 aliphatic heterocycles. The summed E-state index contributed by atoms with van der Waals surface area (Å²) in [5.74, 6) is 1.70. The third kappa shape index (κ3) is 3.99. The molecule has 1 aliphatic rings. The summed E-state index contributed by atoms with van der Waals surface area (Å²) in [5.41, 5.74) is 2.11. The monoisotopic (exact) mass is 442 g/mol. The molecule has 0 bridgehead atoms. The van der Waals surface area contributed by atoms with Crippen LogP contribution < -0.4 is 10.1 Å². The van der Waals surface area contributed by atoms with Crippen molar-refractivity contribution in [2.45, 2.75) is 5.37 Å². The lowest BCUT2D eigenvalue weighted by atomic mass is 10.2. The predicted molar refractivity (Wildman–Crippen MR) is 110 cm³/mol. The van der Waals surface area contributed by atoms with Crippen molar-refractivity contribution in [2.24, 2.45) is 0 Å². The molecular formula is C17H16BrClN2OS2. The van der Waals surface area contributed by atoms with Gasteiger partial charge in [0.15, 0.2) is 5.11 Å². The highest BCUT2D eigenvalue weighted by Crippen LogP contribution is 2.38. The van der Waals surface area contributed by atoms with Gasteiger partial charge in [0.25, 0.3) is 0 Å². The zero-order chi connectivity index (χ0) is 17.1. The fourth-order valence-corrected chi connectivity index (χ4v) is 4.69. The van der Waals surface area contributed by atoms with Gasteiger partial charge in [-0.1, -0.05) is 39.7 Å². The maximum atomic E-state index is 6.18. The van der Waals surface area contributed by atoms with Crippen LogP contribution in [0, 0.1) is 0 Å². The number of ether oxygens (including phenoxy) is 1.